The first-order valence-electron chi connectivity index (χ1n) is 4.29. The lowest BCUT2D eigenvalue weighted by molar-refractivity contribution is -0.290. The van der Waals surface area contributed by atoms with E-state index in [1.807, 2.05) is 0 Å². The summed E-state index contributed by atoms with van der Waals surface area (Å²) in [5.74, 6) is -5.40. The number of nitrogens with zero attached hydrogens (tertiary/aromatic N) is 2. The molecule has 0 aliphatic carbocycles. The highest BCUT2D eigenvalue weighted by Crippen LogP contribution is 2.35. The van der Waals surface area contributed by atoms with E-state index >= 15 is 0 Å². The largest absolute Gasteiger partial charge is 0.471 e. The Morgan fingerprint density at radius 2 is 1.82 bits per heavy atom. The Hall–Kier alpha value is -1.67. The Morgan fingerprint density at radius 3 is 2.35 bits per heavy atom. The van der Waals surface area contributed by atoms with Gasteiger partial charge in [-0.05, 0) is 6.92 Å². The van der Waals surface area contributed by atoms with Gasteiger partial charge < -0.3 is 10.5 Å². The number of hydrogen-bond acceptors (Lipinski definition) is 4. The van der Waals surface area contributed by atoms with Gasteiger partial charge in [0.1, 0.15) is 12.1 Å². The monoisotopic (exact) mass is 257 g/mol. The van der Waals surface area contributed by atoms with Gasteiger partial charge in [-0.2, -0.15) is 22.0 Å². The van der Waals surface area contributed by atoms with Crippen molar-refractivity contribution in [2.24, 2.45) is 0 Å². The second-order valence-corrected chi connectivity index (χ2v) is 3.18. The number of nitrogen functional groups attached to an aromatic ring is 1. The lowest BCUT2D eigenvalue weighted by atomic mass is 10.3. The number of nitrogens with two attached hydrogens (primary N) is 1. The molecule has 0 bridgehead atoms. The van der Waals surface area contributed by atoms with Crippen LogP contribution in [0.4, 0.5) is 27.8 Å². The SMILES string of the molecule is Cc1c(N)ncnc1OCC(F)(F)C(F)(F)F. The van der Waals surface area contributed by atoms with Gasteiger partial charge in [-0.15, -0.1) is 0 Å². The van der Waals surface area contributed by atoms with Gasteiger partial charge in [-0.25, -0.2) is 9.97 Å². The summed E-state index contributed by atoms with van der Waals surface area (Å²) < 4.78 is 64.8. The van der Waals surface area contributed by atoms with E-state index < -0.39 is 24.6 Å². The molecule has 0 saturated heterocycles. The molecule has 0 unspecified atom stereocenters. The third kappa shape index (κ3) is 2.92. The van der Waals surface area contributed by atoms with Gasteiger partial charge in [0.05, 0.1) is 5.56 Å². The molecule has 1 rings (SSSR count). The molecular formula is C8H8F5N3O. The summed E-state index contributed by atoms with van der Waals surface area (Å²) in [6.07, 6.45) is -4.76. The fourth-order valence-electron chi connectivity index (χ4n) is 0.833. The molecule has 4 nitrogen and oxygen atoms in total. The predicted octanol–water partition coefficient (Wildman–Crippen LogP) is 1.94. The van der Waals surface area contributed by atoms with Crippen molar-refractivity contribution in [1.82, 2.24) is 9.97 Å². The third-order valence-corrected chi connectivity index (χ3v) is 1.88. The highest BCUT2D eigenvalue weighted by atomic mass is 19.4. The highest BCUT2D eigenvalue weighted by Gasteiger charge is 2.58. The van der Waals surface area contributed by atoms with E-state index in [1.54, 1.807) is 0 Å². The second-order valence-electron chi connectivity index (χ2n) is 3.18. The van der Waals surface area contributed by atoms with Crippen LogP contribution in [-0.2, 0) is 0 Å². The highest BCUT2D eigenvalue weighted by molar-refractivity contribution is 5.43. The van der Waals surface area contributed by atoms with Crippen molar-refractivity contribution < 1.29 is 26.7 Å². The van der Waals surface area contributed by atoms with Crippen LogP contribution in [0.3, 0.4) is 0 Å². The number of hydrogen-bond donors (Lipinski definition) is 1. The van der Waals surface area contributed by atoms with Crippen LogP contribution in [0.25, 0.3) is 0 Å². The zero-order chi connectivity index (χ0) is 13.3. The summed E-state index contributed by atoms with van der Waals surface area (Å²) >= 11 is 0. The van der Waals surface area contributed by atoms with E-state index in [4.69, 9.17) is 5.73 Å². The predicted molar refractivity (Wildman–Crippen MR) is 47.7 cm³/mol. The van der Waals surface area contributed by atoms with Crippen molar-refractivity contribution in [2.45, 2.75) is 19.0 Å². The van der Waals surface area contributed by atoms with E-state index in [2.05, 4.69) is 14.7 Å². The molecule has 0 radical (unpaired) electrons. The van der Waals surface area contributed by atoms with E-state index in [0.29, 0.717) is 0 Å². The molecule has 96 valence electrons. The van der Waals surface area contributed by atoms with Crippen LogP contribution in [0, 0.1) is 6.92 Å². The zero-order valence-corrected chi connectivity index (χ0v) is 8.55. The first-order chi connectivity index (χ1) is 7.65. The molecule has 0 aliphatic rings. The smallest absolute Gasteiger partial charge is 0.456 e. The van der Waals surface area contributed by atoms with E-state index in [9.17, 15) is 22.0 Å². The second kappa shape index (κ2) is 4.30. The minimum atomic E-state index is -5.67. The number of alkyl halides is 5. The Labute approximate surface area is 92.6 Å². The van der Waals surface area contributed by atoms with Crippen LogP contribution in [0.5, 0.6) is 5.88 Å². The molecule has 0 spiro atoms. The molecule has 1 aromatic rings. The fraction of sp³-hybridized carbons (Fsp3) is 0.500. The maximum Gasteiger partial charge on any atom is 0.456 e. The summed E-state index contributed by atoms with van der Waals surface area (Å²) in [6.45, 7) is -0.510. The number of halogens is 5. The van der Waals surface area contributed by atoms with Crippen molar-refractivity contribution in [1.29, 1.82) is 0 Å². The molecule has 1 aromatic heterocycles. The quantitative estimate of drug-likeness (QED) is 0.840. The molecule has 17 heavy (non-hydrogen) atoms. The summed E-state index contributed by atoms with van der Waals surface area (Å²) in [5, 5.41) is 0. The van der Waals surface area contributed by atoms with E-state index in [0.717, 1.165) is 6.33 Å². The van der Waals surface area contributed by atoms with Crippen LogP contribution in [0.1, 0.15) is 5.56 Å². The Balaban J connectivity index is 2.78. The summed E-state index contributed by atoms with van der Waals surface area (Å²) in [7, 11) is 0. The molecule has 0 saturated carbocycles. The first kappa shape index (κ1) is 13.4. The Kier molecular flexibility index (Phi) is 3.39. The van der Waals surface area contributed by atoms with Gasteiger partial charge >= 0.3 is 12.1 Å². The van der Waals surface area contributed by atoms with Crippen molar-refractivity contribution in [3.05, 3.63) is 11.9 Å². The lowest BCUT2D eigenvalue weighted by Crippen LogP contribution is -2.42. The third-order valence-electron chi connectivity index (χ3n) is 1.88. The molecule has 0 aromatic carbocycles. The van der Waals surface area contributed by atoms with Crippen molar-refractivity contribution >= 4 is 5.82 Å². The minimum Gasteiger partial charge on any atom is -0.471 e. The molecule has 1 heterocycles. The lowest BCUT2D eigenvalue weighted by Gasteiger charge is -2.19. The molecule has 0 atom stereocenters. The summed E-state index contributed by atoms with van der Waals surface area (Å²) in [5.41, 5.74) is 5.41. The van der Waals surface area contributed by atoms with E-state index in [1.165, 1.54) is 6.92 Å². The topological polar surface area (TPSA) is 61.0 Å². The van der Waals surface area contributed by atoms with Gasteiger partial charge in [-0.1, -0.05) is 0 Å². The Bertz CT molecular complexity index is 407. The molecule has 0 aliphatic heterocycles. The number of anilines is 1. The maximum absolute atomic E-state index is 12.5. The summed E-state index contributed by atoms with van der Waals surface area (Å²) in [6, 6.07) is 0. The minimum absolute atomic E-state index is 0.0506. The molecular weight excluding hydrogens is 249 g/mol. The van der Waals surface area contributed by atoms with Gasteiger partial charge in [0, 0.05) is 0 Å². The van der Waals surface area contributed by atoms with Crippen LogP contribution in [0.15, 0.2) is 6.33 Å². The van der Waals surface area contributed by atoms with Crippen LogP contribution in [-0.4, -0.2) is 28.7 Å². The normalized spacial score (nSPS) is 12.6. The van der Waals surface area contributed by atoms with Gasteiger partial charge in [0.2, 0.25) is 5.88 Å². The number of aromatic nitrogens is 2. The van der Waals surface area contributed by atoms with Gasteiger partial charge in [0.15, 0.2) is 6.61 Å². The molecule has 0 amide bonds. The average molecular weight is 257 g/mol. The maximum atomic E-state index is 12.5. The zero-order valence-electron chi connectivity index (χ0n) is 8.55. The van der Waals surface area contributed by atoms with Crippen molar-refractivity contribution in [2.75, 3.05) is 12.3 Å². The van der Waals surface area contributed by atoms with Crippen LogP contribution < -0.4 is 10.5 Å². The molecule has 2 N–H and O–H groups in total. The molecule has 0 fully saturated rings. The van der Waals surface area contributed by atoms with Gasteiger partial charge in [-0.3, -0.25) is 0 Å². The van der Waals surface area contributed by atoms with Crippen molar-refractivity contribution in [3.63, 3.8) is 0 Å². The number of ether oxygens (including phenoxy) is 1. The fourth-order valence-corrected chi connectivity index (χ4v) is 0.833. The standard InChI is InChI=1S/C8H8F5N3O/c1-4-5(14)15-3-16-6(4)17-2-7(9,10)8(11,12)13/h3H,2H2,1H3,(H2,14,15,16). The Morgan fingerprint density at radius 1 is 1.24 bits per heavy atom. The number of rotatable bonds is 3. The first-order valence-corrected chi connectivity index (χ1v) is 4.29. The molecule has 9 heteroatoms. The average Bonchev–Trinajstić information content (AvgIpc) is 2.18. The van der Waals surface area contributed by atoms with Gasteiger partial charge in [0.25, 0.3) is 0 Å². The van der Waals surface area contributed by atoms with Crippen LogP contribution in [0.2, 0.25) is 0 Å². The summed E-state index contributed by atoms with van der Waals surface area (Å²) in [4.78, 5) is 6.92. The van der Waals surface area contributed by atoms with Crippen LogP contribution >= 0.6 is 0 Å². The van der Waals surface area contributed by atoms with Crippen molar-refractivity contribution in [3.8, 4) is 5.88 Å². The van der Waals surface area contributed by atoms with E-state index in [-0.39, 0.29) is 11.4 Å².